The van der Waals surface area contributed by atoms with E-state index in [0.29, 0.717) is 28.9 Å². The summed E-state index contributed by atoms with van der Waals surface area (Å²) in [6, 6.07) is 5.85. The number of aromatic nitrogens is 2. The van der Waals surface area contributed by atoms with Gasteiger partial charge >= 0.3 is 12.0 Å². The quantitative estimate of drug-likeness (QED) is 0.731. The largest absolute Gasteiger partial charge is 0.459 e. The Morgan fingerprint density at radius 2 is 1.86 bits per heavy atom. The molecule has 0 saturated heterocycles. The summed E-state index contributed by atoms with van der Waals surface area (Å²) in [6.45, 7) is 1.78. The Labute approximate surface area is 163 Å². The molecule has 2 amide bonds. The first-order valence-corrected chi connectivity index (χ1v) is 9.80. The van der Waals surface area contributed by atoms with Crippen molar-refractivity contribution < 1.29 is 18.8 Å². The van der Waals surface area contributed by atoms with Gasteiger partial charge in [0.2, 0.25) is 5.89 Å². The molecule has 148 valence electrons. The van der Waals surface area contributed by atoms with Crippen LogP contribution in [-0.4, -0.2) is 28.2 Å². The number of urea groups is 1. The fraction of sp³-hybridized carbons (Fsp3) is 0.500. The molecule has 0 aliphatic heterocycles. The Balaban J connectivity index is 1.28. The molecule has 8 nitrogen and oxygen atoms in total. The lowest BCUT2D eigenvalue weighted by Crippen LogP contribution is -2.31. The minimum Gasteiger partial charge on any atom is -0.459 e. The molecule has 0 unspecified atom stereocenters. The molecule has 1 heterocycles. The molecule has 2 aliphatic rings. The summed E-state index contributed by atoms with van der Waals surface area (Å²) in [5.74, 6) is 1.18. The van der Waals surface area contributed by atoms with Crippen LogP contribution in [0, 0.1) is 0 Å². The Bertz CT molecular complexity index is 838. The summed E-state index contributed by atoms with van der Waals surface area (Å²) in [4.78, 5) is 28.7. The second kappa shape index (κ2) is 8.00. The lowest BCUT2D eigenvalue weighted by atomic mass is 10.2. The SMILES string of the molecule is C[C@@H](NC(=O)Nc1ccc(C(=O)OC2CCCC2)cc1)c1nc(C2CC2)no1. The van der Waals surface area contributed by atoms with Crippen LogP contribution in [0.5, 0.6) is 0 Å². The van der Waals surface area contributed by atoms with Gasteiger partial charge in [-0.3, -0.25) is 0 Å². The molecule has 0 spiro atoms. The van der Waals surface area contributed by atoms with Gasteiger partial charge in [-0.25, -0.2) is 9.59 Å². The van der Waals surface area contributed by atoms with Gasteiger partial charge in [-0.2, -0.15) is 4.98 Å². The molecule has 2 N–H and O–H groups in total. The fourth-order valence-electron chi connectivity index (χ4n) is 3.27. The van der Waals surface area contributed by atoms with Crippen LogP contribution < -0.4 is 10.6 Å². The fourth-order valence-corrected chi connectivity index (χ4v) is 3.27. The monoisotopic (exact) mass is 384 g/mol. The number of nitrogens with zero attached hydrogens (tertiary/aromatic N) is 2. The molecule has 0 bridgehead atoms. The van der Waals surface area contributed by atoms with Gasteiger partial charge in [-0.15, -0.1) is 0 Å². The van der Waals surface area contributed by atoms with E-state index < -0.39 is 6.04 Å². The molecule has 2 aromatic rings. The maximum absolute atomic E-state index is 12.2. The van der Waals surface area contributed by atoms with Gasteiger partial charge in [0.05, 0.1) is 5.56 Å². The van der Waals surface area contributed by atoms with Gasteiger partial charge in [0.25, 0.3) is 0 Å². The van der Waals surface area contributed by atoms with Crippen LogP contribution >= 0.6 is 0 Å². The van der Waals surface area contributed by atoms with Crippen molar-refractivity contribution in [2.24, 2.45) is 0 Å². The van der Waals surface area contributed by atoms with Crippen LogP contribution in [0.4, 0.5) is 10.5 Å². The van der Waals surface area contributed by atoms with Gasteiger partial charge in [0.15, 0.2) is 5.82 Å². The molecule has 2 saturated carbocycles. The first kappa shape index (κ1) is 18.5. The normalized spacial score (nSPS) is 17.9. The van der Waals surface area contributed by atoms with Crippen molar-refractivity contribution in [3.63, 3.8) is 0 Å². The smallest absolute Gasteiger partial charge is 0.338 e. The van der Waals surface area contributed by atoms with E-state index in [-0.39, 0.29) is 18.1 Å². The number of hydrogen-bond donors (Lipinski definition) is 2. The maximum atomic E-state index is 12.2. The number of hydrogen-bond acceptors (Lipinski definition) is 6. The highest BCUT2D eigenvalue weighted by atomic mass is 16.5. The van der Waals surface area contributed by atoms with E-state index in [4.69, 9.17) is 9.26 Å². The molecule has 1 aromatic heterocycles. The van der Waals surface area contributed by atoms with Crippen molar-refractivity contribution in [3.8, 4) is 0 Å². The third-order valence-electron chi connectivity index (χ3n) is 5.07. The Morgan fingerprint density at radius 1 is 1.14 bits per heavy atom. The second-order valence-electron chi connectivity index (χ2n) is 7.47. The van der Waals surface area contributed by atoms with E-state index in [1.807, 2.05) is 0 Å². The van der Waals surface area contributed by atoms with E-state index in [9.17, 15) is 9.59 Å². The minimum atomic E-state index is -0.402. The molecule has 0 radical (unpaired) electrons. The predicted octanol–water partition coefficient (Wildman–Crippen LogP) is 3.93. The lowest BCUT2D eigenvalue weighted by molar-refractivity contribution is 0.0318. The number of amides is 2. The predicted molar refractivity (Wildman–Crippen MR) is 101 cm³/mol. The molecule has 28 heavy (non-hydrogen) atoms. The average molecular weight is 384 g/mol. The number of ether oxygens (including phenoxy) is 1. The standard InChI is InChI=1S/C20H24N4O4/c1-12(18-23-17(24-28-18)13-6-7-13)21-20(26)22-15-10-8-14(9-11-15)19(25)27-16-4-2-3-5-16/h8-13,16H,2-7H2,1H3,(H2,21,22,26)/t12-/m1/s1. The van der Waals surface area contributed by atoms with Crippen LogP contribution in [0.1, 0.15) is 79.5 Å². The second-order valence-corrected chi connectivity index (χ2v) is 7.47. The maximum Gasteiger partial charge on any atom is 0.338 e. The Kier molecular flexibility index (Phi) is 5.27. The van der Waals surface area contributed by atoms with Gasteiger partial charge in [0, 0.05) is 11.6 Å². The van der Waals surface area contributed by atoms with Crippen LogP contribution in [0.15, 0.2) is 28.8 Å². The van der Waals surface area contributed by atoms with Gasteiger partial charge in [-0.05, 0) is 69.7 Å². The Hall–Kier alpha value is -2.90. The first-order valence-electron chi connectivity index (χ1n) is 9.80. The molecule has 2 fully saturated rings. The van der Waals surface area contributed by atoms with Gasteiger partial charge in [0.1, 0.15) is 12.1 Å². The molecule has 4 rings (SSSR count). The highest BCUT2D eigenvalue weighted by Gasteiger charge is 2.29. The summed E-state index contributed by atoms with van der Waals surface area (Å²) in [7, 11) is 0. The first-order chi connectivity index (χ1) is 13.6. The molecule has 1 aromatic carbocycles. The summed E-state index contributed by atoms with van der Waals surface area (Å²) in [5.41, 5.74) is 1.05. The molecular weight excluding hydrogens is 360 g/mol. The number of anilines is 1. The summed E-state index contributed by atoms with van der Waals surface area (Å²) in [6.07, 6.45) is 6.30. The summed E-state index contributed by atoms with van der Waals surface area (Å²) in [5, 5.41) is 9.45. The number of rotatable bonds is 6. The molecule has 2 aliphatic carbocycles. The zero-order valence-electron chi connectivity index (χ0n) is 15.8. The summed E-state index contributed by atoms with van der Waals surface area (Å²) < 4.78 is 10.7. The van der Waals surface area contributed by atoms with E-state index >= 15 is 0 Å². The van der Waals surface area contributed by atoms with Crippen molar-refractivity contribution in [1.29, 1.82) is 0 Å². The molecule has 8 heteroatoms. The molecular formula is C20H24N4O4. The number of carbonyl (C=O) groups is 2. The van der Waals surface area contributed by atoms with Gasteiger partial charge in [-0.1, -0.05) is 5.16 Å². The van der Waals surface area contributed by atoms with Crippen molar-refractivity contribution in [3.05, 3.63) is 41.5 Å². The van der Waals surface area contributed by atoms with Crippen molar-refractivity contribution in [1.82, 2.24) is 15.5 Å². The van der Waals surface area contributed by atoms with E-state index in [0.717, 1.165) is 38.5 Å². The summed E-state index contributed by atoms with van der Waals surface area (Å²) >= 11 is 0. The number of carbonyl (C=O) groups excluding carboxylic acids is 2. The van der Waals surface area contributed by atoms with E-state index in [1.165, 1.54) is 0 Å². The van der Waals surface area contributed by atoms with E-state index in [1.54, 1.807) is 31.2 Å². The van der Waals surface area contributed by atoms with Crippen molar-refractivity contribution in [2.45, 2.75) is 63.5 Å². The minimum absolute atomic E-state index is 0.0303. The van der Waals surface area contributed by atoms with Crippen LogP contribution in [0.3, 0.4) is 0 Å². The lowest BCUT2D eigenvalue weighted by Gasteiger charge is -2.13. The highest BCUT2D eigenvalue weighted by Crippen LogP contribution is 2.38. The van der Waals surface area contributed by atoms with Gasteiger partial charge < -0.3 is 19.9 Å². The third-order valence-corrected chi connectivity index (χ3v) is 5.07. The number of nitrogens with one attached hydrogen (secondary N) is 2. The zero-order chi connectivity index (χ0) is 19.5. The van der Waals surface area contributed by atoms with Crippen molar-refractivity contribution in [2.75, 3.05) is 5.32 Å². The third kappa shape index (κ3) is 4.49. The van der Waals surface area contributed by atoms with Crippen molar-refractivity contribution >= 4 is 17.7 Å². The number of benzene rings is 1. The van der Waals surface area contributed by atoms with Crippen LogP contribution in [0.25, 0.3) is 0 Å². The highest BCUT2D eigenvalue weighted by molar-refractivity contribution is 5.92. The molecule has 1 atom stereocenters. The average Bonchev–Trinajstić information content (AvgIpc) is 3.18. The van der Waals surface area contributed by atoms with E-state index in [2.05, 4.69) is 20.8 Å². The van der Waals surface area contributed by atoms with Crippen LogP contribution in [0.2, 0.25) is 0 Å². The topological polar surface area (TPSA) is 106 Å². The van der Waals surface area contributed by atoms with Crippen LogP contribution in [-0.2, 0) is 4.74 Å². The Morgan fingerprint density at radius 3 is 2.54 bits per heavy atom. The zero-order valence-corrected chi connectivity index (χ0v) is 15.8. The number of esters is 1.